The van der Waals surface area contributed by atoms with Crippen LogP contribution in [0.2, 0.25) is 0 Å². The first-order chi connectivity index (χ1) is 34.5. The Morgan fingerprint density at radius 1 is 0.784 bits per heavy atom. The van der Waals surface area contributed by atoms with E-state index in [1.165, 1.54) is 9.80 Å². The fourth-order valence-corrected chi connectivity index (χ4v) is 13.3. The number of carbonyl (C=O) groups is 7. The number of fused-ring (bicyclic) bond motifs is 5. The van der Waals surface area contributed by atoms with Crippen molar-refractivity contribution in [1.29, 1.82) is 0 Å². The Hall–Kier alpha value is -3.45. The molecular weight excluding hydrogens is 1110 g/mol. The normalized spacial score (nSPS) is 28.4. The Kier molecular flexibility index (Phi) is 25.0. The maximum absolute atomic E-state index is 13.8. The standard InChI is InChI=1S/C52H81N5O16.Gd/c1-32(36-13-14-37-48-38(25-42(60)52(36,37)3)51(2)17-16-35(58)23-34(51)24-41(48)59)12-15-43(61)54-39(50(71)72)11-7-8-18-53-49(70)40(31-73-30-33-9-5-4-6-10-33)57(29-47(68)69)22-21-55(26-44(62)63)19-20-56(27-45(64)65)28-46(66)67;/h4-6,9-10,32,34-42,48,58-60H,7-8,11-31H2,1-3H3,(H,53,70)(H,54,61)(H,62,63)(H,64,65)(H,66,67)(H,68,69)(H,71,72);/q;+3/p-3/t32?,34-,35+,36+,37?,38?,39?,40?,41?,42-,48?,51-,52+;/m0./s1. The molecule has 7 N–H and O–H groups in total. The van der Waals surface area contributed by atoms with Gasteiger partial charge in [0.15, 0.2) is 0 Å². The number of hydrogen-bond acceptors (Lipinski definition) is 17. The van der Waals surface area contributed by atoms with Gasteiger partial charge in [0.25, 0.3) is 0 Å². The van der Waals surface area contributed by atoms with Crippen molar-refractivity contribution in [1.82, 2.24) is 25.3 Å². The van der Waals surface area contributed by atoms with Crippen molar-refractivity contribution in [2.75, 3.05) is 65.5 Å². The second-order valence-corrected chi connectivity index (χ2v) is 21.8. The number of carbonyl (C=O) groups excluding carboxylic acids is 5. The molecule has 2 amide bonds. The quantitative estimate of drug-likeness (QED) is 0.0397. The second kappa shape index (κ2) is 29.3. The summed E-state index contributed by atoms with van der Waals surface area (Å²) in [6.07, 6.45) is 5.03. The number of rotatable bonds is 31. The maximum atomic E-state index is 13.8. The molecule has 0 spiro atoms. The minimum absolute atomic E-state index is 0. The predicted molar refractivity (Wildman–Crippen MR) is 256 cm³/mol. The summed E-state index contributed by atoms with van der Waals surface area (Å²) in [7, 11) is 0. The molecule has 4 aliphatic rings. The van der Waals surface area contributed by atoms with Crippen LogP contribution >= 0.6 is 0 Å². The Balaban J connectivity index is 0.0000119. The van der Waals surface area contributed by atoms with Gasteiger partial charge in [0.05, 0.1) is 56.0 Å². The first-order valence-corrected chi connectivity index (χ1v) is 26.0. The topological polar surface area (TPSA) is 333 Å². The van der Waals surface area contributed by atoms with Crippen LogP contribution in [0.5, 0.6) is 0 Å². The smallest absolute Gasteiger partial charge is 0.549 e. The van der Waals surface area contributed by atoms with Gasteiger partial charge in [-0.05, 0) is 123 Å². The van der Waals surface area contributed by atoms with E-state index in [0.717, 1.165) is 36.1 Å². The molecule has 1 aromatic rings. The SMILES string of the molecule is CC(CCC(=O)NC(CCCCNC(=O)C(COCc1ccccc1)N(CCN(CCN(CC(=O)[O-])CC(=O)[O-])CC(=O)O)CC(=O)[O-])C(=O)O)[C@H]1CCC2C3C(O)C[C@@H]4C[C@H](O)CC[C@]4(C)C3C[C@H](O)[C@@]21C.[Gd+3]. The molecule has 1 radical (unpaired) electrons. The number of unbranched alkanes of at least 4 members (excludes halogenated alkanes) is 1. The van der Waals surface area contributed by atoms with Crippen molar-refractivity contribution in [2.45, 2.75) is 135 Å². The van der Waals surface area contributed by atoms with Gasteiger partial charge in [-0.3, -0.25) is 29.1 Å². The summed E-state index contributed by atoms with van der Waals surface area (Å²) in [5.41, 5.74) is 0.270. The van der Waals surface area contributed by atoms with Gasteiger partial charge in [0.2, 0.25) is 11.8 Å². The van der Waals surface area contributed by atoms with E-state index < -0.39 is 97.5 Å². The van der Waals surface area contributed by atoms with Crippen LogP contribution in [0, 0.1) is 86.3 Å². The summed E-state index contributed by atoms with van der Waals surface area (Å²) in [4.78, 5) is 89.2. The molecule has 74 heavy (non-hydrogen) atoms. The number of aliphatic hydroxyl groups is 3. The van der Waals surface area contributed by atoms with E-state index in [-0.39, 0.29) is 159 Å². The average molecular weight is 1190 g/mol. The van der Waals surface area contributed by atoms with Gasteiger partial charge in [-0.2, -0.15) is 0 Å². The van der Waals surface area contributed by atoms with Gasteiger partial charge in [0.1, 0.15) is 12.1 Å². The number of carboxylic acids is 5. The first kappa shape index (κ1) is 63.1. The molecule has 0 heterocycles. The zero-order valence-electron chi connectivity index (χ0n) is 42.9. The fraction of sp³-hybridized carbons (Fsp3) is 0.750. The van der Waals surface area contributed by atoms with Crippen LogP contribution in [-0.2, 0) is 44.9 Å². The molecule has 22 heteroatoms. The molecule has 1 aromatic carbocycles. The summed E-state index contributed by atoms with van der Waals surface area (Å²) < 4.78 is 5.87. The molecule has 7 unspecified atom stereocenters. The van der Waals surface area contributed by atoms with Gasteiger partial charge < -0.3 is 70.6 Å². The third-order valence-electron chi connectivity index (χ3n) is 17.2. The molecular formula is C52H78GdN5O16. The fourth-order valence-electron chi connectivity index (χ4n) is 13.3. The molecule has 0 aliphatic heterocycles. The molecule has 0 bridgehead atoms. The van der Waals surface area contributed by atoms with Crippen LogP contribution in [0.1, 0.15) is 103 Å². The van der Waals surface area contributed by atoms with Crippen molar-refractivity contribution in [2.24, 2.45) is 46.3 Å². The number of hydrogen-bond donors (Lipinski definition) is 7. The zero-order chi connectivity index (χ0) is 53.6. The number of amides is 2. The van der Waals surface area contributed by atoms with E-state index in [0.29, 0.717) is 25.7 Å². The number of carboxylic acid groups (broad SMARTS) is 5. The predicted octanol–water partition coefficient (Wildman–Crippen LogP) is -1.95. The number of aliphatic hydroxyl groups excluding tert-OH is 3. The Morgan fingerprint density at radius 2 is 1.43 bits per heavy atom. The molecule has 0 saturated heterocycles. The number of nitrogens with one attached hydrogen (secondary N) is 2. The Morgan fingerprint density at radius 3 is 2.07 bits per heavy atom. The summed E-state index contributed by atoms with van der Waals surface area (Å²) >= 11 is 0. The van der Waals surface area contributed by atoms with E-state index in [4.69, 9.17) is 4.74 Å². The van der Waals surface area contributed by atoms with Gasteiger partial charge in [0, 0.05) is 58.8 Å². The largest absolute Gasteiger partial charge is 3.00 e. The van der Waals surface area contributed by atoms with Crippen molar-refractivity contribution in [3.05, 3.63) is 35.9 Å². The van der Waals surface area contributed by atoms with Crippen LogP contribution in [-0.4, -0.2) is 178 Å². The van der Waals surface area contributed by atoms with Crippen LogP contribution in [0.15, 0.2) is 30.3 Å². The minimum Gasteiger partial charge on any atom is -0.549 e. The van der Waals surface area contributed by atoms with Crippen molar-refractivity contribution in [3.63, 3.8) is 0 Å². The average Bonchev–Trinajstić information content (AvgIpc) is 3.68. The number of aliphatic carboxylic acids is 5. The first-order valence-electron chi connectivity index (χ1n) is 26.0. The Bertz CT molecular complexity index is 2020. The second-order valence-electron chi connectivity index (χ2n) is 21.8. The Labute approximate surface area is 465 Å². The maximum Gasteiger partial charge on any atom is 3.00 e. The van der Waals surface area contributed by atoms with Gasteiger partial charge in [-0.15, -0.1) is 0 Å². The summed E-state index contributed by atoms with van der Waals surface area (Å²) in [6.45, 7) is 2.68. The van der Waals surface area contributed by atoms with Crippen LogP contribution in [0.25, 0.3) is 0 Å². The number of ether oxygens (including phenoxy) is 1. The van der Waals surface area contributed by atoms with E-state index >= 15 is 0 Å². The van der Waals surface area contributed by atoms with Gasteiger partial charge in [-0.25, -0.2) is 4.79 Å². The van der Waals surface area contributed by atoms with E-state index in [9.17, 15) is 74.4 Å². The molecule has 4 aliphatic carbocycles. The van der Waals surface area contributed by atoms with E-state index in [2.05, 4.69) is 31.4 Å². The molecule has 4 saturated carbocycles. The minimum atomic E-state index is -1.56. The van der Waals surface area contributed by atoms with Crippen molar-refractivity contribution < 1.29 is 119 Å². The molecule has 21 nitrogen and oxygen atoms in total. The summed E-state index contributed by atoms with van der Waals surface area (Å²) in [5.74, 6) is -7.54. The monoisotopic (exact) mass is 1190 g/mol. The van der Waals surface area contributed by atoms with Crippen molar-refractivity contribution in [3.8, 4) is 0 Å². The molecule has 13 atom stereocenters. The van der Waals surface area contributed by atoms with Gasteiger partial charge in [-0.1, -0.05) is 51.1 Å². The molecule has 5 rings (SSSR count). The summed E-state index contributed by atoms with van der Waals surface area (Å²) in [6, 6.07) is 6.51. The van der Waals surface area contributed by atoms with E-state index in [1.54, 1.807) is 30.3 Å². The van der Waals surface area contributed by atoms with Crippen molar-refractivity contribution >= 4 is 41.7 Å². The molecule has 4 fully saturated rings. The third-order valence-corrected chi connectivity index (χ3v) is 17.2. The van der Waals surface area contributed by atoms with Gasteiger partial charge >= 0.3 is 51.9 Å². The zero-order valence-corrected chi connectivity index (χ0v) is 45.2. The number of benzene rings is 1. The van der Waals surface area contributed by atoms with Crippen LogP contribution in [0.4, 0.5) is 0 Å². The van der Waals surface area contributed by atoms with Crippen LogP contribution in [0.3, 0.4) is 0 Å². The number of nitrogens with zero attached hydrogens (tertiary/aromatic N) is 3. The van der Waals surface area contributed by atoms with Crippen LogP contribution < -0.4 is 26.0 Å². The van der Waals surface area contributed by atoms with E-state index in [1.807, 2.05) is 0 Å². The molecule has 415 valence electrons. The third kappa shape index (κ3) is 17.3. The summed E-state index contributed by atoms with van der Waals surface area (Å²) in [5, 5.41) is 93.5. The molecule has 0 aromatic heterocycles.